The van der Waals surface area contributed by atoms with E-state index in [0.717, 1.165) is 5.56 Å². The quantitative estimate of drug-likeness (QED) is 0.804. The first-order valence-electron chi connectivity index (χ1n) is 5.33. The number of halogens is 4. The molecule has 1 nitrogen and oxygen atoms in total. The van der Waals surface area contributed by atoms with Gasteiger partial charge in [-0.1, -0.05) is 12.1 Å². The Balaban J connectivity index is 2.47. The summed E-state index contributed by atoms with van der Waals surface area (Å²) < 4.78 is 49.1. The van der Waals surface area contributed by atoms with Gasteiger partial charge < -0.3 is 5.32 Å². The van der Waals surface area contributed by atoms with Gasteiger partial charge in [-0.15, -0.1) is 0 Å². The lowest BCUT2D eigenvalue weighted by Gasteiger charge is -2.16. The van der Waals surface area contributed by atoms with E-state index in [1.54, 1.807) is 19.1 Å². The van der Waals surface area contributed by atoms with Crippen LogP contribution in [0.4, 0.5) is 17.6 Å². The monoisotopic (exact) mass is 249 g/mol. The first-order valence-corrected chi connectivity index (χ1v) is 5.33. The van der Waals surface area contributed by atoms with Crippen molar-refractivity contribution in [3.05, 3.63) is 35.1 Å². The molecule has 0 aliphatic rings. The molecule has 0 fully saturated rings. The minimum atomic E-state index is -4.16. The lowest BCUT2D eigenvalue weighted by Crippen LogP contribution is -2.30. The Morgan fingerprint density at radius 1 is 1.29 bits per heavy atom. The molecule has 96 valence electrons. The standard InChI is InChI=1S/C12H15F4N/c1-8-5-10(3-4-11(8)13)7-17-9(2)6-12(14,15)16/h3-5,9,17H,6-7H2,1-2H3. The number of alkyl halides is 3. The predicted octanol–water partition coefficient (Wildman–Crippen LogP) is 3.56. The molecule has 0 saturated carbocycles. The third-order valence-electron chi connectivity index (χ3n) is 2.41. The third kappa shape index (κ3) is 5.17. The van der Waals surface area contributed by atoms with Crippen molar-refractivity contribution in [2.45, 2.75) is 39.0 Å². The van der Waals surface area contributed by atoms with Crippen molar-refractivity contribution in [2.24, 2.45) is 0 Å². The maximum Gasteiger partial charge on any atom is 0.390 e. The fourth-order valence-electron chi connectivity index (χ4n) is 1.53. The second-order valence-corrected chi connectivity index (χ2v) is 4.18. The number of aryl methyl sites for hydroxylation is 1. The molecular weight excluding hydrogens is 234 g/mol. The van der Waals surface area contributed by atoms with Crippen molar-refractivity contribution < 1.29 is 17.6 Å². The third-order valence-corrected chi connectivity index (χ3v) is 2.41. The Labute approximate surface area is 97.8 Å². The topological polar surface area (TPSA) is 12.0 Å². The lowest BCUT2D eigenvalue weighted by atomic mass is 10.1. The van der Waals surface area contributed by atoms with Gasteiger partial charge in [-0.2, -0.15) is 13.2 Å². The number of nitrogens with one attached hydrogen (secondary N) is 1. The first-order chi connectivity index (χ1) is 7.78. The summed E-state index contributed by atoms with van der Waals surface area (Å²) >= 11 is 0. The zero-order chi connectivity index (χ0) is 13.1. The highest BCUT2D eigenvalue weighted by atomic mass is 19.4. The van der Waals surface area contributed by atoms with E-state index in [2.05, 4.69) is 5.32 Å². The van der Waals surface area contributed by atoms with Crippen LogP contribution < -0.4 is 5.32 Å². The molecule has 1 unspecified atom stereocenters. The van der Waals surface area contributed by atoms with E-state index in [9.17, 15) is 17.6 Å². The molecule has 0 spiro atoms. The molecule has 1 aromatic carbocycles. The maximum absolute atomic E-state index is 13.0. The average molecular weight is 249 g/mol. The van der Waals surface area contributed by atoms with Crippen LogP contribution in [0.3, 0.4) is 0 Å². The van der Waals surface area contributed by atoms with Crippen LogP contribution in [-0.4, -0.2) is 12.2 Å². The van der Waals surface area contributed by atoms with Crippen molar-refractivity contribution in [3.8, 4) is 0 Å². The summed E-state index contributed by atoms with van der Waals surface area (Å²) in [6.07, 6.45) is -5.03. The fraction of sp³-hybridized carbons (Fsp3) is 0.500. The molecule has 0 aliphatic carbocycles. The van der Waals surface area contributed by atoms with Gasteiger partial charge in [0.25, 0.3) is 0 Å². The number of hydrogen-bond donors (Lipinski definition) is 1. The number of benzene rings is 1. The van der Waals surface area contributed by atoms with Gasteiger partial charge in [0.1, 0.15) is 5.82 Å². The van der Waals surface area contributed by atoms with Crippen molar-refractivity contribution in [3.63, 3.8) is 0 Å². The Kier molecular flexibility index (Phi) is 4.51. The Hall–Kier alpha value is -1.10. The van der Waals surface area contributed by atoms with Crippen LogP contribution in [0.5, 0.6) is 0 Å². The molecular formula is C12H15F4N. The number of rotatable bonds is 4. The largest absolute Gasteiger partial charge is 0.390 e. The van der Waals surface area contributed by atoms with E-state index < -0.39 is 18.6 Å². The van der Waals surface area contributed by atoms with Crippen LogP contribution in [0.2, 0.25) is 0 Å². The minimum absolute atomic E-state index is 0.304. The summed E-state index contributed by atoms with van der Waals surface area (Å²) in [6, 6.07) is 3.86. The Bertz CT molecular complexity index is 373. The highest BCUT2D eigenvalue weighted by molar-refractivity contribution is 5.23. The van der Waals surface area contributed by atoms with E-state index in [0.29, 0.717) is 12.1 Å². The highest BCUT2D eigenvalue weighted by Crippen LogP contribution is 2.21. The van der Waals surface area contributed by atoms with Crippen molar-refractivity contribution in [1.82, 2.24) is 5.32 Å². The summed E-state index contributed by atoms with van der Waals surface area (Å²) in [5.41, 5.74) is 1.27. The molecule has 0 saturated heterocycles. The zero-order valence-electron chi connectivity index (χ0n) is 9.74. The zero-order valence-corrected chi connectivity index (χ0v) is 9.74. The maximum atomic E-state index is 13.0. The van der Waals surface area contributed by atoms with E-state index in [-0.39, 0.29) is 5.82 Å². The van der Waals surface area contributed by atoms with Crippen molar-refractivity contribution in [2.75, 3.05) is 0 Å². The van der Waals surface area contributed by atoms with Gasteiger partial charge >= 0.3 is 6.18 Å². The van der Waals surface area contributed by atoms with E-state index in [1.807, 2.05) is 0 Å². The average Bonchev–Trinajstić information content (AvgIpc) is 2.17. The van der Waals surface area contributed by atoms with E-state index >= 15 is 0 Å². The molecule has 0 aromatic heterocycles. The van der Waals surface area contributed by atoms with Gasteiger partial charge in [0.15, 0.2) is 0 Å². The second-order valence-electron chi connectivity index (χ2n) is 4.18. The van der Waals surface area contributed by atoms with Crippen LogP contribution in [-0.2, 0) is 6.54 Å². The lowest BCUT2D eigenvalue weighted by molar-refractivity contribution is -0.139. The molecule has 1 aromatic rings. The molecule has 1 atom stereocenters. The molecule has 1 rings (SSSR count). The summed E-state index contributed by atoms with van der Waals surface area (Å²) in [5.74, 6) is -0.308. The molecule has 5 heteroatoms. The van der Waals surface area contributed by atoms with E-state index in [1.165, 1.54) is 13.0 Å². The van der Waals surface area contributed by atoms with Crippen molar-refractivity contribution in [1.29, 1.82) is 0 Å². The molecule has 0 bridgehead atoms. The summed E-state index contributed by atoms with van der Waals surface area (Å²) in [6.45, 7) is 3.40. The fourth-order valence-corrected chi connectivity index (χ4v) is 1.53. The minimum Gasteiger partial charge on any atom is -0.310 e. The number of hydrogen-bond acceptors (Lipinski definition) is 1. The molecule has 1 N–H and O–H groups in total. The smallest absolute Gasteiger partial charge is 0.310 e. The van der Waals surface area contributed by atoms with Gasteiger partial charge in [0.2, 0.25) is 0 Å². The first kappa shape index (κ1) is 14.0. The predicted molar refractivity (Wildman–Crippen MR) is 58.1 cm³/mol. The van der Waals surface area contributed by atoms with Crippen LogP contribution in [0.25, 0.3) is 0 Å². The van der Waals surface area contributed by atoms with Gasteiger partial charge in [0, 0.05) is 12.6 Å². The molecule has 0 radical (unpaired) electrons. The van der Waals surface area contributed by atoms with Crippen LogP contribution in [0, 0.1) is 12.7 Å². The van der Waals surface area contributed by atoms with Gasteiger partial charge in [-0.05, 0) is 31.0 Å². The van der Waals surface area contributed by atoms with E-state index in [4.69, 9.17) is 0 Å². The molecule has 17 heavy (non-hydrogen) atoms. The normalized spacial score (nSPS) is 13.8. The summed E-state index contributed by atoms with van der Waals surface area (Å²) in [4.78, 5) is 0. The highest BCUT2D eigenvalue weighted by Gasteiger charge is 2.29. The second kappa shape index (κ2) is 5.49. The molecule has 0 amide bonds. The van der Waals surface area contributed by atoms with Crippen LogP contribution in [0.15, 0.2) is 18.2 Å². The van der Waals surface area contributed by atoms with Gasteiger partial charge in [-0.25, -0.2) is 4.39 Å². The van der Waals surface area contributed by atoms with Crippen LogP contribution >= 0.6 is 0 Å². The summed E-state index contributed by atoms with van der Waals surface area (Å²) in [5, 5.41) is 2.76. The Morgan fingerprint density at radius 3 is 2.47 bits per heavy atom. The van der Waals surface area contributed by atoms with Gasteiger partial charge in [0.05, 0.1) is 6.42 Å². The van der Waals surface area contributed by atoms with Gasteiger partial charge in [-0.3, -0.25) is 0 Å². The Morgan fingerprint density at radius 2 is 1.94 bits per heavy atom. The molecule has 0 aliphatic heterocycles. The summed E-state index contributed by atoms with van der Waals surface area (Å²) in [7, 11) is 0. The van der Waals surface area contributed by atoms with Crippen LogP contribution in [0.1, 0.15) is 24.5 Å². The van der Waals surface area contributed by atoms with Crippen molar-refractivity contribution >= 4 is 0 Å². The molecule has 0 heterocycles. The SMILES string of the molecule is Cc1cc(CNC(C)CC(F)(F)F)ccc1F.